The third kappa shape index (κ3) is 2.43. The van der Waals surface area contributed by atoms with Gasteiger partial charge in [0.25, 0.3) is 0 Å². The molecule has 70 valence electrons. The van der Waals surface area contributed by atoms with Crippen molar-refractivity contribution in [1.29, 1.82) is 0 Å². The fourth-order valence-electron chi connectivity index (χ4n) is 0.853. The molecule has 6 heteroatoms. The number of nitrogens with two attached hydrogens (primary N) is 1. The van der Waals surface area contributed by atoms with Gasteiger partial charge in [0.1, 0.15) is 0 Å². The van der Waals surface area contributed by atoms with Gasteiger partial charge in [0.2, 0.25) is 0 Å². The lowest BCUT2D eigenvalue weighted by atomic mass is 10.4. The van der Waals surface area contributed by atoms with E-state index in [0.29, 0.717) is 5.13 Å². The van der Waals surface area contributed by atoms with E-state index < -0.39 is 0 Å². The molecule has 0 spiro atoms. The van der Waals surface area contributed by atoms with Gasteiger partial charge in [-0.3, -0.25) is 0 Å². The van der Waals surface area contributed by atoms with Crippen molar-refractivity contribution in [2.24, 2.45) is 0 Å². The van der Waals surface area contributed by atoms with Gasteiger partial charge in [-0.05, 0) is 28.1 Å². The smallest absolute Gasteiger partial charge is 0.180 e. The highest BCUT2D eigenvalue weighted by Crippen LogP contribution is 2.32. The van der Waals surface area contributed by atoms with Crippen LogP contribution in [0.1, 0.15) is 0 Å². The Labute approximate surface area is 98.3 Å². The molecule has 2 nitrogen and oxygen atoms in total. The minimum atomic E-state index is 0. The molecule has 0 fully saturated rings. The maximum Gasteiger partial charge on any atom is 0.180 e. The van der Waals surface area contributed by atoms with E-state index in [1.54, 1.807) is 11.3 Å². The fourth-order valence-corrected chi connectivity index (χ4v) is 2.84. The molecule has 0 bridgehead atoms. The summed E-state index contributed by atoms with van der Waals surface area (Å²) in [6, 6.07) is 4.04. The number of nitrogen functional groups attached to an aromatic ring is 1. The van der Waals surface area contributed by atoms with Gasteiger partial charge in [0, 0.05) is 5.38 Å². The van der Waals surface area contributed by atoms with Crippen molar-refractivity contribution < 1.29 is 0 Å². The van der Waals surface area contributed by atoms with Gasteiger partial charge >= 0.3 is 0 Å². The topological polar surface area (TPSA) is 38.9 Å². The number of hydrogen-bond donors (Lipinski definition) is 1. The van der Waals surface area contributed by atoms with Crippen LogP contribution in [0.5, 0.6) is 0 Å². The lowest BCUT2D eigenvalue weighted by molar-refractivity contribution is 1.43. The molecule has 2 N–H and O–H groups in total. The molecule has 0 atom stereocenters. The SMILES string of the molecule is Cl.Nc1nc(-c2ccc(Br)s2)cs1. The van der Waals surface area contributed by atoms with Crippen LogP contribution in [0.2, 0.25) is 0 Å². The molecule has 0 saturated carbocycles. The molecule has 0 saturated heterocycles. The summed E-state index contributed by atoms with van der Waals surface area (Å²) in [5.74, 6) is 0. The summed E-state index contributed by atoms with van der Waals surface area (Å²) in [5.41, 5.74) is 6.49. The molecule has 0 unspecified atom stereocenters. The van der Waals surface area contributed by atoms with E-state index in [9.17, 15) is 0 Å². The Morgan fingerprint density at radius 2 is 2.15 bits per heavy atom. The first-order valence-corrected chi connectivity index (χ1v) is 5.71. The van der Waals surface area contributed by atoms with Crippen molar-refractivity contribution in [1.82, 2.24) is 4.98 Å². The van der Waals surface area contributed by atoms with E-state index in [1.807, 2.05) is 17.5 Å². The Kier molecular flexibility index (Phi) is 3.73. The molecule has 2 aromatic heterocycles. The second-order valence-corrected chi connectivity index (χ2v) is 5.53. The molecule has 0 aliphatic carbocycles. The largest absolute Gasteiger partial charge is 0.375 e. The first-order chi connectivity index (χ1) is 5.75. The van der Waals surface area contributed by atoms with Gasteiger partial charge in [-0.1, -0.05) is 0 Å². The molecule has 0 aliphatic rings. The second-order valence-electron chi connectivity index (χ2n) is 2.17. The van der Waals surface area contributed by atoms with Crippen molar-refractivity contribution in [3.8, 4) is 10.6 Å². The van der Waals surface area contributed by atoms with E-state index in [1.165, 1.54) is 11.3 Å². The number of thiazole rings is 1. The van der Waals surface area contributed by atoms with Crippen LogP contribution < -0.4 is 5.73 Å². The average Bonchev–Trinajstić information content (AvgIpc) is 2.58. The first-order valence-electron chi connectivity index (χ1n) is 3.22. The summed E-state index contributed by atoms with van der Waals surface area (Å²) in [5, 5.41) is 2.59. The Morgan fingerprint density at radius 3 is 2.62 bits per heavy atom. The van der Waals surface area contributed by atoms with Crippen molar-refractivity contribution in [2.45, 2.75) is 0 Å². The molecule has 2 heterocycles. The Balaban J connectivity index is 0.000000845. The van der Waals surface area contributed by atoms with E-state index in [0.717, 1.165) is 14.4 Å². The van der Waals surface area contributed by atoms with Gasteiger partial charge in [-0.15, -0.1) is 35.1 Å². The molecule has 2 rings (SSSR count). The standard InChI is InChI=1S/C7H5BrN2S2.ClH/c8-6-2-1-5(12-6)4-3-11-7(9)10-4;/h1-3H,(H2,9,10);1H. The van der Waals surface area contributed by atoms with Crippen LogP contribution in [-0.4, -0.2) is 4.98 Å². The maximum atomic E-state index is 5.52. The molecule has 2 aromatic rings. The zero-order chi connectivity index (χ0) is 8.55. The van der Waals surface area contributed by atoms with Gasteiger partial charge in [0.05, 0.1) is 14.4 Å². The second kappa shape index (κ2) is 4.41. The summed E-state index contributed by atoms with van der Waals surface area (Å²) >= 11 is 6.53. The molecular formula is C7H6BrClN2S2. The summed E-state index contributed by atoms with van der Waals surface area (Å²) in [6.45, 7) is 0. The molecule has 0 radical (unpaired) electrons. The number of aromatic nitrogens is 1. The van der Waals surface area contributed by atoms with Crippen LogP contribution in [0.3, 0.4) is 0 Å². The fraction of sp³-hybridized carbons (Fsp3) is 0. The number of nitrogens with zero attached hydrogens (tertiary/aromatic N) is 1. The zero-order valence-electron chi connectivity index (χ0n) is 6.36. The highest BCUT2D eigenvalue weighted by molar-refractivity contribution is 9.11. The number of halogens is 2. The minimum absolute atomic E-state index is 0. The van der Waals surface area contributed by atoms with E-state index in [2.05, 4.69) is 20.9 Å². The van der Waals surface area contributed by atoms with Crippen molar-refractivity contribution in [3.05, 3.63) is 21.3 Å². The molecule has 0 aromatic carbocycles. The summed E-state index contributed by atoms with van der Waals surface area (Å²) < 4.78 is 1.11. The van der Waals surface area contributed by atoms with Crippen molar-refractivity contribution >= 4 is 56.1 Å². The van der Waals surface area contributed by atoms with E-state index >= 15 is 0 Å². The summed E-state index contributed by atoms with van der Waals surface area (Å²) in [7, 11) is 0. The third-order valence-corrected chi connectivity index (χ3v) is 3.67. The molecule has 0 aliphatic heterocycles. The first kappa shape index (κ1) is 11.0. The van der Waals surface area contributed by atoms with E-state index in [-0.39, 0.29) is 12.4 Å². The van der Waals surface area contributed by atoms with Gasteiger partial charge < -0.3 is 5.73 Å². The lowest BCUT2D eigenvalue weighted by Crippen LogP contribution is -1.80. The molecular weight excluding hydrogens is 292 g/mol. The van der Waals surface area contributed by atoms with Crippen LogP contribution in [0.15, 0.2) is 21.3 Å². The van der Waals surface area contributed by atoms with Crippen LogP contribution in [0.4, 0.5) is 5.13 Å². The highest BCUT2D eigenvalue weighted by atomic mass is 79.9. The minimum Gasteiger partial charge on any atom is -0.375 e. The van der Waals surface area contributed by atoms with E-state index in [4.69, 9.17) is 5.73 Å². The van der Waals surface area contributed by atoms with Crippen molar-refractivity contribution in [3.63, 3.8) is 0 Å². The Morgan fingerprint density at radius 1 is 1.38 bits per heavy atom. The Bertz CT molecular complexity index is 360. The number of anilines is 1. The van der Waals surface area contributed by atoms with Crippen molar-refractivity contribution in [2.75, 3.05) is 5.73 Å². The van der Waals surface area contributed by atoms with Crippen LogP contribution >= 0.6 is 51.0 Å². The number of hydrogen-bond acceptors (Lipinski definition) is 4. The van der Waals surface area contributed by atoms with Crippen LogP contribution in [-0.2, 0) is 0 Å². The predicted octanol–water partition coefficient (Wildman–Crippen LogP) is 3.64. The van der Waals surface area contributed by atoms with Crippen LogP contribution in [0.25, 0.3) is 10.6 Å². The van der Waals surface area contributed by atoms with Gasteiger partial charge in [-0.25, -0.2) is 4.98 Å². The van der Waals surface area contributed by atoms with Crippen LogP contribution in [0, 0.1) is 0 Å². The lowest BCUT2D eigenvalue weighted by Gasteiger charge is -1.85. The quantitative estimate of drug-likeness (QED) is 0.873. The average molecular weight is 298 g/mol. The van der Waals surface area contributed by atoms with Gasteiger partial charge in [-0.2, -0.15) is 0 Å². The maximum absolute atomic E-state index is 5.52. The third-order valence-electron chi connectivity index (χ3n) is 1.35. The number of thiophene rings is 1. The monoisotopic (exact) mass is 296 g/mol. The van der Waals surface area contributed by atoms with Gasteiger partial charge in [0.15, 0.2) is 5.13 Å². The highest BCUT2D eigenvalue weighted by Gasteiger charge is 2.04. The zero-order valence-corrected chi connectivity index (χ0v) is 10.4. The molecule has 0 amide bonds. The normalized spacial score (nSPS) is 9.62. The predicted molar refractivity (Wildman–Crippen MR) is 64.8 cm³/mol. The summed E-state index contributed by atoms with van der Waals surface area (Å²) in [6.07, 6.45) is 0. The number of rotatable bonds is 1. The molecule has 13 heavy (non-hydrogen) atoms. The summed E-state index contributed by atoms with van der Waals surface area (Å²) in [4.78, 5) is 5.33. The Hall–Kier alpha value is -0.100.